The van der Waals surface area contributed by atoms with E-state index in [1.807, 2.05) is 20.8 Å². The highest BCUT2D eigenvalue weighted by Gasteiger charge is 2.45. The van der Waals surface area contributed by atoms with Crippen LogP contribution >= 0.6 is 0 Å². The molecular weight excluding hydrogens is 387 g/mol. The van der Waals surface area contributed by atoms with Gasteiger partial charge in [0, 0.05) is 44.1 Å². The van der Waals surface area contributed by atoms with Crippen molar-refractivity contribution in [2.24, 2.45) is 0 Å². The molecule has 0 bridgehead atoms. The topological polar surface area (TPSA) is 67.2 Å². The van der Waals surface area contributed by atoms with Gasteiger partial charge in [0.05, 0.1) is 5.56 Å². The van der Waals surface area contributed by atoms with Gasteiger partial charge in [0.15, 0.2) is 0 Å². The summed E-state index contributed by atoms with van der Waals surface area (Å²) in [6, 6.07) is 2.80. The first-order valence-corrected chi connectivity index (χ1v) is 10.6. The van der Waals surface area contributed by atoms with E-state index in [1.165, 1.54) is 22.7 Å². The fourth-order valence-electron chi connectivity index (χ4n) is 4.65. The number of hydrogen-bond donors (Lipinski definition) is 0. The van der Waals surface area contributed by atoms with Crippen LogP contribution in [0.2, 0.25) is 0 Å². The van der Waals surface area contributed by atoms with Crippen molar-refractivity contribution in [3.8, 4) is 0 Å². The first kappa shape index (κ1) is 20.8. The number of rotatable bonds is 2. The predicted octanol–water partition coefficient (Wildman–Crippen LogP) is 3.20. The Morgan fingerprint density at radius 1 is 1.23 bits per heavy atom. The molecule has 2 aromatic heterocycles. The van der Waals surface area contributed by atoms with Gasteiger partial charge in [0.25, 0.3) is 5.56 Å². The van der Waals surface area contributed by atoms with E-state index in [0.717, 1.165) is 25.7 Å². The third-order valence-corrected chi connectivity index (χ3v) is 6.08. The third-order valence-electron chi connectivity index (χ3n) is 6.08. The molecule has 30 heavy (non-hydrogen) atoms. The number of hydrogen-bond acceptors (Lipinski definition) is 5. The molecule has 2 aliphatic rings. The Morgan fingerprint density at radius 2 is 1.97 bits per heavy atom. The molecule has 1 spiro atoms. The van der Waals surface area contributed by atoms with Crippen LogP contribution in [0, 0.1) is 5.82 Å². The Balaban J connectivity index is 1.58. The zero-order valence-electron chi connectivity index (χ0n) is 17.9. The van der Waals surface area contributed by atoms with E-state index in [4.69, 9.17) is 4.74 Å². The molecule has 0 atom stereocenters. The van der Waals surface area contributed by atoms with Gasteiger partial charge in [0.1, 0.15) is 17.1 Å². The Kier molecular flexibility index (Phi) is 5.30. The number of carbonyl (C=O) groups is 1. The highest BCUT2D eigenvalue weighted by molar-refractivity contribution is 5.68. The van der Waals surface area contributed by atoms with E-state index in [0.29, 0.717) is 37.4 Å². The van der Waals surface area contributed by atoms with Gasteiger partial charge >= 0.3 is 6.09 Å². The summed E-state index contributed by atoms with van der Waals surface area (Å²) in [5, 5.41) is 0. The molecule has 0 N–H and O–H groups in total. The molecule has 1 saturated heterocycles. The standard InChI is InChI=1S/C22H29FN4O3/c1-21(2,3)30-20(29)25-10-11-26(22(15-25)8-4-5-9-22)13-16-12-24-18-7-6-17(23)14-27(18)19(16)28/h6-7,12,14H,4-5,8-11,13,15H2,1-3H3. The van der Waals surface area contributed by atoms with Gasteiger partial charge in [-0.05, 0) is 45.7 Å². The van der Waals surface area contributed by atoms with Gasteiger partial charge in [-0.15, -0.1) is 0 Å². The number of ether oxygens (including phenoxy) is 1. The van der Waals surface area contributed by atoms with Gasteiger partial charge < -0.3 is 9.64 Å². The van der Waals surface area contributed by atoms with Crippen LogP contribution in [0.1, 0.15) is 52.0 Å². The lowest BCUT2D eigenvalue weighted by Gasteiger charge is -2.49. The molecule has 162 valence electrons. The van der Waals surface area contributed by atoms with Crippen LogP contribution in [0.25, 0.3) is 5.65 Å². The fraction of sp³-hybridized carbons (Fsp3) is 0.591. The maximum absolute atomic E-state index is 13.6. The highest BCUT2D eigenvalue weighted by atomic mass is 19.1. The third kappa shape index (κ3) is 4.05. The second kappa shape index (κ2) is 7.65. The van der Waals surface area contributed by atoms with Gasteiger partial charge in [-0.2, -0.15) is 0 Å². The minimum Gasteiger partial charge on any atom is -0.444 e. The van der Waals surface area contributed by atoms with Crippen molar-refractivity contribution in [1.82, 2.24) is 19.2 Å². The molecule has 1 aliphatic heterocycles. The highest BCUT2D eigenvalue weighted by Crippen LogP contribution is 2.39. The Labute approximate surface area is 175 Å². The molecule has 8 heteroatoms. The van der Waals surface area contributed by atoms with Crippen LogP contribution in [-0.4, -0.2) is 56.1 Å². The first-order chi connectivity index (χ1) is 14.2. The van der Waals surface area contributed by atoms with Gasteiger partial charge in [-0.3, -0.25) is 14.1 Å². The van der Waals surface area contributed by atoms with Crippen molar-refractivity contribution in [1.29, 1.82) is 0 Å². The summed E-state index contributed by atoms with van der Waals surface area (Å²) in [7, 11) is 0. The smallest absolute Gasteiger partial charge is 0.410 e. The van der Waals surface area contributed by atoms with Crippen LogP contribution in [0.3, 0.4) is 0 Å². The minimum atomic E-state index is -0.530. The summed E-state index contributed by atoms with van der Waals surface area (Å²) in [6.07, 6.45) is 6.64. The van der Waals surface area contributed by atoms with Crippen molar-refractivity contribution in [2.75, 3.05) is 19.6 Å². The average molecular weight is 416 g/mol. The van der Waals surface area contributed by atoms with Crippen LogP contribution in [0.5, 0.6) is 0 Å². The second-order valence-electron chi connectivity index (χ2n) is 9.42. The van der Waals surface area contributed by atoms with Crippen molar-refractivity contribution in [2.45, 2.75) is 64.1 Å². The normalized spacial score (nSPS) is 19.5. The number of pyridine rings is 1. The molecule has 0 aromatic carbocycles. The molecule has 7 nitrogen and oxygen atoms in total. The van der Waals surface area contributed by atoms with Crippen molar-refractivity contribution < 1.29 is 13.9 Å². The van der Waals surface area contributed by atoms with E-state index >= 15 is 0 Å². The number of halogens is 1. The predicted molar refractivity (Wildman–Crippen MR) is 111 cm³/mol. The number of aromatic nitrogens is 2. The number of fused-ring (bicyclic) bond motifs is 1. The van der Waals surface area contributed by atoms with E-state index in [-0.39, 0.29) is 17.2 Å². The van der Waals surface area contributed by atoms with E-state index in [2.05, 4.69) is 9.88 Å². The molecular formula is C22H29FN4O3. The number of piperazine rings is 1. The zero-order valence-corrected chi connectivity index (χ0v) is 17.9. The molecule has 3 heterocycles. The fourth-order valence-corrected chi connectivity index (χ4v) is 4.65. The maximum atomic E-state index is 13.6. The Bertz CT molecular complexity index is 1010. The summed E-state index contributed by atoms with van der Waals surface area (Å²) < 4.78 is 20.5. The summed E-state index contributed by atoms with van der Waals surface area (Å²) in [5.74, 6) is -0.471. The Morgan fingerprint density at radius 3 is 2.67 bits per heavy atom. The lowest BCUT2D eigenvalue weighted by atomic mass is 9.91. The van der Waals surface area contributed by atoms with Crippen LogP contribution < -0.4 is 5.56 Å². The van der Waals surface area contributed by atoms with Crippen LogP contribution in [0.15, 0.2) is 29.3 Å². The van der Waals surface area contributed by atoms with Crippen molar-refractivity contribution in [3.63, 3.8) is 0 Å². The summed E-state index contributed by atoms with van der Waals surface area (Å²) >= 11 is 0. The van der Waals surface area contributed by atoms with Gasteiger partial charge in [0.2, 0.25) is 0 Å². The second-order valence-corrected chi connectivity index (χ2v) is 9.42. The molecule has 1 amide bonds. The number of amides is 1. The minimum absolute atomic E-state index is 0.164. The van der Waals surface area contributed by atoms with E-state index in [1.54, 1.807) is 11.1 Å². The summed E-state index contributed by atoms with van der Waals surface area (Å²) in [4.78, 5) is 34.0. The molecule has 1 aliphatic carbocycles. The Hall–Kier alpha value is -2.48. The molecule has 0 radical (unpaired) electrons. The average Bonchev–Trinajstić information content (AvgIpc) is 3.13. The maximum Gasteiger partial charge on any atom is 0.410 e. The molecule has 1 saturated carbocycles. The molecule has 4 rings (SSSR count). The molecule has 2 aromatic rings. The summed E-state index contributed by atoms with van der Waals surface area (Å²) in [6.45, 7) is 7.85. The van der Waals surface area contributed by atoms with Crippen LogP contribution in [0.4, 0.5) is 9.18 Å². The van der Waals surface area contributed by atoms with Crippen molar-refractivity contribution in [3.05, 3.63) is 46.3 Å². The lowest BCUT2D eigenvalue weighted by Crippen LogP contribution is -2.62. The summed E-state index contributed by atoms with van der Waals surface area (Å²) in [5.41, 5.74) is 0.0220. The monoisotopic (exact) mass is 416 g/mol. The number of nitrogens with zero attached hydrogens (tertiary/aromatic N) is 4. The molecule has 0 unspecified atom stereocenters. The van der Waals surface area contributed by atoms with Gasteiger partial charge in [-0.25, -0.2) is 14.2 Å². The largest absolute Gasteiger partial charge is 0.444 e. The van der Waals surface area contributed by atoms with E-state index < -0.39 is 11.4 Å². The SMILES string of the molecule is CC(C)(C)OC(=O)N1CCN(Cc2cnc3ccc(F)cn3c2=O)C2(CCCC2)C1. The quantitative estimate of drug-likeness (QED) is 0.752. The van der Waals surface area contributed by atoms with Crippen LogP contribution in [-0.2, 0) is 11.3 Å². The first-order valence-electron chi connectivity index (χ1n) is 10.6. The lowest BCUT2D eigenvalue weighted by molar-refractivity contribution is -0.0279. The van der Waals surface area contributed by atoms with E-state index in [9.17, 15) is 14.0 Å². The van der Waals surface area contributed by atoms with Gasteiger partial charge in [-0.1, -0.05) is 12.8 Å². The van der Waals surface area contributed by atoms with Crippen molar-refractivity contribution >= 4 is 11.7 Å². The number of carbonyl (C=O) groups excluding carboxylic acids is 1. The molecule has 2 fully saturated rings. The zero-order chi connectivity index (χ0) is 21.5.